The predicted molar refractivity (Wildman–Crippen MR) is 93.8 cm³/mol. The summed E-state index contributed by atoms with van der Waals surface area (Å²) in [7, 11) is 1.23. The summed E-state index contributed by atoms with van der Waals surface area (Å²) in [6.07, 6.45) is -2.96. The first-order valence-corrected chi connectivity index (χ1v) is 8.23. The lowest BCUT2D eigenvalue weighted by molar-refractivity contribution is -0.137. The standard InChI is InChI=1S/C18H12BrF3N2O2/c1-9-14(17(25)26-2)16-13(7-12(19)8-23-16)24-15(9)10-4-3-5-11(6-10)18(20,21)22/h3-8H,1-2H3. The summed E-state index contributed by atoms with van der Waals surface area (Å²) in [6.45, 7) is 1.61. The molecule has 134 valence electrons. The fourth-order valence-corrected chi connectivity index (χ4v) is 3.00. The van der Waals surface area contributed by atoms with Gasteiger partial charge in [0.05, 0.1) is 29.4 Å². The Hall–Kier alpha value is -2.48. The first-order chi connectivity index (χ1) is 12.2. The molecule has 0 bridgehead atoms. The van der Waals surface area contributed by atoms with Crippen LogP contribution in [0, 0.1) is 6.92 Å². The van der Waals surface area contributed by atoms with Gasteiger partial charge in [-0.1, -0.05) is 12.1 Å². The second-order valence-electron chi connectivity index (χ2n) is 5.55. The van der Waals surface area contributed by atoms with Crippen LogP contribution in [-0.2, 0) is 10.9 Å². The normalized spacial score (nSPS) is 11.6. The SMILES string of the molecule is COC(=O)c1c(C)c(-c2cccc(C(F)(F)F)c2)nc2cc(Br)cnc12. The third-order valence-corrected chi connectivity index (χ3v) is 4.32. The van der Waals surface area contributed by atoms with Crippen LogP contribution in [0.2, 0.25) is 0 Å². The highest BCUT2D eigenvalue weighted by Crippen LogP contribution is 2.34. The van der Waals surface area contributed by atoms with Crippen LogP contribution in [0.1, 0.15) is 21.5 Å². The van der Waals surface area contributed by atoms with Gasteiger partial charge < -0.3 is 4.74 Å². The number of esters is 1. The third-order valence-electron chi connectivity index (χ3n) is 3.89. The molecular formula is C18H12BrF3N2O2. The van der Waals surface area contributed by atoms with E-state index in [1.807, 2.05) is 0 Å². The van der Waals surface area contributed by atoms with Gasteiger partial charge in [0, 0.05) is 16.2 Å². The number of fused-ring (bicyclic) bond motifs is 1. The van der Waals surface area contributed by atoms with Gasteiger partial charge in [-0.25, -0.2) is 9.78 Å². The van der Waals surface area contributed by atoms with E-state index in [2.05, 4.69) is 25.9 Å². The number of methoxy groups -OCH3 is 1. The number of nitrogens with zero attached hydrogens (tertiary/aromatic N) is 2. The molecule has 0 spiro atoms. The number of halogens is 4. The van der Waals surface area contributed by atoms with Crippen molar-refractivity contribution in [1.82, 2.24) is 9.97 Å². The van der Waals surface area contributed by atoms with Gasteiger partial charge in [0.15, 0.2) is 0 Å². The lowest BCUT2D eigenvalue weighted by Gasteiger charge is -2.14. The Balaban J connectivity index is 2.34. The number of rotatable bonds is 2. The van der Waals surface area contributed by atoms with Crippen LogP contribution < -0.4 is 0 Å². The van der Waals surface area contributed by atoms with E-state index in [0.29, 0.717) is 21.1 Å². The minimum absolute atomic E-state index is 0.178. The molecule has 0 radical (unpaired) electrons. The Morgan fingerprint density at radius 1 is 1.23 bits per heavy atom. The van der Waals surface area contributed by atoms with Crippen LogP contribution in [0.15, 0.2) is 41.0 Å². The summed E-state index contributed by atoms with van der Waals surface area (Å²) >= 11 is 3.28. The number of ether oxygens (including phenoxy) is 1. The molecule has 0 unspecified atom stereocenters. The minimum atomic E-state index is -4.48. The third kappa shape index (κ3) is 3.29. The zero-order valence-electron chi connectivity index (χ0n) is 13.7. The number of carbonyl (C=O) groups excluding carboxylic acids is 1. The number of carbonyl (C=O) groups is 1. The molecule has 26 heavy (non-hydrogen) atoms. The van der Waals surface area contributed by atoms with E-state index in [0.717, 1.165) is 12.1 Å². The largest absolute Gasteiger partial charge is 0.465 e. The molecule has 0 aliphatic rings. The van der Waals surface area contributed by atoms with Crippen LogP contribution in [0.25, 0.3) is 22.3 Å². The maximum atomic E-state index is 13.0. The average Bonchev–Trinajstić information content (AvgIpc) is 2.60. The predicted octanol–water partition coefficient (Wildman–Crippen LogP) is 5.17. The molecule has 0 atom stereocenters. The summed E-state index contributed by atoms with van der Waals surface area (Å²) in [5, 5.41) is 0. The van der Waals surface area contributed by atoms with Crippen molar-refractivity contribution in [3.05, 3.63) is 57.7 Å². The van der Waals surface area contributed by atoms with Crippen molar-refractivity contribution in [1.29, 1.82) is 0 Å². The van der Waals surface area contributed by atoms with Crippen molar-refractivity contribution in [3.8, 4) is 11.3 Å². The van der Waals surface area contributed by atoms with Gasteiger partial charge in [0.1, 0.15) is 5.52 Å². The monoisotopic (exact) mass is 424 g/mol. The summed E-state index contributed by atoms with van der Waals surface area (Å²) < 4.78 is 44.6. The Bertz CT molecular complexity index is 1020. The summed E-state index contributed by atoms with van der Waals surface area (Å²) in [5.74, 6) is -0.627. The molecule has 0 amide bonds. The van der Waals surface area contributed by atoms with Gasteiger partial charge in [-0.05, 0) is 46.6 Å². The molecule has 3 aromatic rings. The zero-order chi connectivity index (χ0) is 19.1. The molecule has 0 fully saturated rings. The van der Waals surface area contributed by atoms with Gasteiger partial charge in [0.25, 0.3) is 0 Å². The average molecular weight is 425 g/mol. The van der Waals surface area contributed by atoms with Gasteiger partial charge in [-0.15, -0.1) is 0 Å². The molecule has 3 rings (SSSR count). The van der Waals surface area contributed by atoms with Gasteiger partial charge in [-0.2, -0.15) is 13.2 Å². The highest BCUT2D eigenvalue weighted by atomic mass is 79.9. The molecule has 1 aromatic carbocycles. The number of alkyl halides is 3. The first kappa shape index (κ1) is 18.3. The fraction of sp³-hybridized carbons (Fsp3) is 0.167. The van der Waals surface area contributed by atoms with E-state index in [9.17, 15) is 18.0 Å². The Labute approximate surface area is 155 Å². The molecule has 0 N–H and O–H groups in total. The van der Waals surface area contributed by atoms with Gasteiger partial charge >= 0.3 is 12.1 Å². The van der Waals surface area contributed by atoms with E-state index in [1.54, 1.807) is 13.0 Å². The van der Waals surface area contributed by atoms with Crippen LogP contribution in [0.4, 0.5) is 13.2 Å². The van der Waals surface area contributed by atoms with Crippen LogP contribution in [0.3, 0.4) is 0 Å². The second kappa shape index (κ2) is 6.68. The topological polar surface area (TPSA) is 52.1 Å². The maximum absolute atomic E-state index is 13.0. The van der Waals surface area contributed by atoms with Crippen LogP contribution in [0.5, 0.6) is 0 Å². The molecule has 0 saturated heterocycles. The Morgan fingerprint density at radius 3 is 2.62 bits per heavy atom. The second-order valence-corrected chi connectivity index (χ2v) is 6.47. The molecule has 0 saturated carbocycles. The van der Waals surface area contributed by atoms with Crippen molar-refractivity contribution in [2.75, 3.05) is 7.11 Å². The van der Waals surface area contributed by atoms with Crippen molar-refractivity contribution in [3.63, 3.8) is 0 Å². The van der Waals surface area contributed by atoms with E-state index in [4.69, 9.17) is 4.74 Å². The highest BCUT2D eigenvalue weighted by Gasteiger charge is 2.31. The summed E-state index contributed by atoms with van der Waals surface area (Å²) in [5.41, 5.74) is 1.01. The number of hydrogen-bond acceptors (Lipinski definition) is 4. The van der Waals surface area contributed by atoms with Crippen LogP contribution >= 0.6 is 15.9 Å². The highest BCUT2D eigenvalue weighted by molar-refractivity contribution is 9.10. The summed E-state index contributed by atoms with van der Waals surface area (Å²) in [4.78, 5) is 20.9. The number of pyridine rings is 2. The quantitative estimate of drug-likeness (QED) is 0.532. The van der Waals surface area contributed by atoms with E-state index < -0.39 is 17.7 Å². The van der Waals surface area contributed by atoms with Crippen molar-refractivity contribution < 1.29 is 22.7 Å². The van der Waals surface area contributed by atoms with E-state index >= 15 is 0 Å². The van der Waals surface area contributed by atoms with Crippen molar-refractivity contribution >= 4 is 32.9 Å². The number of aromatic nitrogens is 2. The Kier molecular flexibility index (Phi) is 4.70. The van der Waals surface area contributed by atoms with E-state index in [-0.39, 0.29) is 16.8 Å². The lowest BCUT2D eigenvalue weighted by Crippen LogP contribution is -2.09. The van der Waals surface area contributed by atoms with Crippen LogP contribution in [-0.4, -0.2) is 23.0 Å². The van der Waals surface area contributed by atoms with Crippen molar-refractivity contribution in [2.45, 2.75) is 13.1 Å². The Morgan fingerprint density at radius 2 is 1.96 bits per heavy atom. The smallest absolute Gasteiger partial charge is 0.416 e. The van der Waals surface area contributed by atoms with Gasteiger partial charge in [0.2, 0.25) is 0 Å². The lowest BCUT2D eigenvalue weighted by atomic mass is 9.99. The molecule has 8 heteroatoms. The fourth-order valence-electron chi connectivity index (χ4n) is 2.68. The molecule has 2 aromatic heterocycles. The minimum Gasteiger partial charge on any atom is -0.465 e. The summed E-state index contributed by atoms with van der Waals surface area (Å²) in [6, 6.07) is 6.46. The molecular weight excluding hydrogens is 413 g/mol. The number of hydrogen-bond donors (Lipinski definition) is 0. The number of benzene rings is 1. The first-order valence-electron chi connectivity index (χ1n) is 7.44. The van der Waals surface area contributed by atoms with Gasteiger partial charge in [-0.3, -0.25) is 4.98 Å². The van der Waals surface area contributed by atoms with Crippen molar-refractivity contribution in [2.24, 2.45) is 0 Å². The maximum Gasteiger partial charge on any atom is 0.416 e. The van der Waals surface area contributed by atoms with E-state index in [1.165, 1.54) is 25.4 Å². The molecule has 0 aliphatic carbocycles. The molecule has 0 aliphatic heterocycles. The molecule has 2 heterocycles. The zero-order valence-corrected chi connectivity index (χ0v) is 15.3. The molecule has 4 nitrogen and oxygen atoms in total.